The molecule has 0 fully saturated rings. The summed E-state index contributed by atoms with van der Waals surface area (Å²) in [5, 5.41) is 13.2. The summed E-state index contributed by atoms with van der Waals surface area (Å²) in [4.78, 5) is 30.6. The number of amides is 1. The third-order valence-corrected chi connectivity index (χ3v) is 3.63. The zero-order chi connectivity index (χ0) is 15.9. The summed E-state index contributed by atoms with van der Waals surface area (Å²) in [5.41, 5.74) is 2.76. The second kappa shape index (κ2) is 5.14. The van der Waals surface area contributed by atoms with Crippen molar-refractivity contribution < 1.29 is 14.7 Å². The molecule has 2 heterocycles. The Bertz CT molecular complexity index is 898. The molecule has 22 heavy (non-hydrogen) atoms. The van der Waals surface area contributed by atoms with Crippen molar-refractivity contribution in [2.75, 3.05) is 0 Å². The third kappa shape index (κ3) is 2.28. The molecule has 0 saturated carbocycles. The molecule has 112 valence electrons. The molecule has 3 N–H and O–H groups in total. The Kier molecular flexibility index (Phi) is 3.29. The van der Waals surface area contributed by atoms with Gasteiger partial charge in [-0.2, -0.15) is 0 Å². The number of para-hydroxylation sites is 1. The number of hydrogen-bond donors (Lipinski definition) is 3. The lowest BCUT2D eigenvalue weighted by Crippen LogP contribution is -2.38. The zero-order valence-electron chi connectivity index (χ0n) is 12.2. The number of carbonyl (C=O) groups excluding carboxylic acids is 1. The quantitative estimate of drug-likeness (QED) is 0.691. The van der Waals surface area contributed by atoms with Gasteiger partial charge in [0.05, 0.1) is 11.2 Å². The van der Waals surface area contributed by atoms with Gasteiger partial charge in [0, 0.05) is 16.3 Å². The van der Waals surface area contributed by atoms with E-state index >= 15 is 0 Å². The molecule has 6 heteroatoms. The lowest BCUT2D eigenvalue weighted by atomic mass is 10.1. The largest absolute Gasteiger partial charge is 0.480 e. The van der Waals surface area contributed by atoms with E-state index in [0.717, 1.165) is 21.8 Å². The smallest absolute Gasteiger partial charge is 0.325 e. The molecule has 0 spiro atoms. The van der Waals surface area contributed by atoms with Crippen LogP contribution in [0.3, 0.4) is 0 Å². The maximum Gasteiger partial charge on any atom is 0.325 e. The van der Waals surface area contributed by atoms with Crippen LogP contribution >= 0.6 is 0 Å². The maximum atomic E-state index is 12.2. The van der Waals surface area contributed by atoms with E-state index in [4.69, 9.17) is 5.11 Å². The number of nitrogens with one attached hydrogen (secondary N) is 2. The minimum atomic E-state index is -1.08. The monoisotopic (exact) mass is 297 g/mol. The second-order valence-corrected chi connectivity index (χ2v) is 5.22. The molecule has 6 nitrogen and oxygen atoms in total. The number of aryl methyl sites for hydroxylation is 1. The molecular weight excluding hydrogens is 282 g/mol. The first kappa shape index (κ1) is 14.1. The molecule has 0 aliphatic carbocycles. The summed E-state index contributed by atoms with van der Waals surface area (Å²) >= 11 is 0. The van der Waals surface area contributed by atoms with Gasteiger partial charge in [0.1, 0.15) is 11.7 Å². The van der Waals surface area contributed by atoms with Crippen LogP contribution in [0, 0.1) is 6.92 Å². The minimum absolute atomic E-state index is 0.211. The van der Waals surface area contributed by atoms with Crippen LogP contribution in [-0.2, 0) is 4.79 Å². The van der Waals surface area contributed by atoms with Gasteiger partial charge in [-0.3, -0.25) is 9.59 Å². The minimum Gasteiger partial charge on any atom is -0.480 e. The van der Waals surface area contributed by atoms with E-state index in [1.165, 1.54) is 6.92 Å². The summed E-state index contributed by atoms with van der Waals surface area (Å²) in [5.74, 6) is -1.58. The second-order valence-electron chi connectivity index (χ2n) is 5.22. The number of carboxylic acids is 1. The van der Waals surface area contributed by atoms with Crippen LogP contribution in [0.15, 0.2) is 30.3 Å². The van der Waals surface area contributed by atoms with Crippen molar-refractivity contribution in [2.45, 2.75) is 19.9 Å². The molecule has 3 rings (SSSR count). The summed E-state index contributed by atoms with van der Waals surface area (Å²) in [6.07, 6.45) is 0. The van der Waals surface area contributed by atoms with E-state index < -0.39 is 17.9 Å². The highest BCUT2D eigenvalue weighted by Crippen LogP contribution is 2.27. The van der Waals surface area contributed by atoms with E-state index in [2.05, 4.69) is 15.3 Å². The number of hydrogen-bond acceptors (Lipinski definition) is 3. The summed E-state index contributed by atoms with van der Waals surface area (Å²) in [7, 11) is 0. The summed E-state index contributed by atoms with van der Waals surface area (Å²) < 4.78 is 0. The number of fused-ring (bicyclic) bond motifs is 3. The predicted octanol–water partition coefficient (Wildman–Crippen LogP) is 2.23. The van der Waals surface area contributed by atoms with Crippen LogP contribution in [0.1, 0.15) is 23.1 Å². The Morgan fingerprint density at radius 2 is 2.00 bits per heavy atom. The number of aromatic nitrogens is 2. The van der Waals surface area contributed by atoms with Gasteiger partial charge in [-0.1, -0.05) is 18.2 Å². The lowest BCUT2D eigenvalue weighted by molar-refractivity contribution is -0.138. The molecule has 1 atom stereocenters. The molecule has 0 unspecified atom stereocenters. The summed E-state index contributed by atoms with van der Waals surface area (Å²) in [6.45, 7) is 3.23. The summed E-state index contributed by atoms with van der Waals surface area (Å²) in [6, 6.07) is 8.51. The SMILES string of the molecule is Cc1nc(C(=O)N[C@@H](C)C(=O)O)cc2c1[nH]c1ccccc12. The van der Waals surface area contributed by atoms with Gasteiger partial charge in [0.15, 0.2) is 0 Å². The highest BCUT2D eigenvalue weighted by atomic mass is 16.4. The predicted molar refractivity (Wildman–Crippen MR) is 82.9 cm³/mol. The lowest BCUT2D eigenvalue weighted by Gasteiger charge is -2.09. The average Bonchev–Trinajstić information content (AvgIpc) is 2.86. The molecule has 3 aromatic rings. The number of rotatable bonds is 3. The zero-order valence-corrected chi connectivity index (χ0v) is 12.2. The number of H-pyrrole nitrogens is 1. The highest BCUT2D eigenvalue weighted by Gasteiger charge is 2.18. The third-order valence-electron chi connectivity index (χ3n) is 3.63. The fourth-order valence-corrected chi connectivity index (χ4v) is 2.45. The van der Waals surface area contributed by atoms with Crippen molar-refractivity contribution in [1.82, 2.24) is 15.3 Å². The Balaban J connectivity index is 2.10. The molecule has 1 aromatic carbocycles. The molecule has 0 aliphatic heterocycles. The molecule has 0 aliphatic rings. The van der Waals surface area contributed by atoms with Crippen molar-refractivity contribution in [3.63, 3.8) is 0 Å². The number of aliphatic carboxylic acids is 1. The van der Waals surface area contributed by atoms with Gasteiger partial charge in [0.25, 0.3) is 5.91 Å². The van der Waals surface area contributed by atoms with E-state index in [1.54, 1.807) is 6.07 Å². The first-order chi connectivity index (χ1) is 10.5. The normalized spacial score (nSPS) is 12.5. The fraction of sp³-hybridized carbons (Fsp3) is 0.188. The van der Waals surface area contributed by atoms with Crippen LogP contribution in [0.4, 0.5) is 0 Å². The molecule has 0 bridgehead atoms. The first-order valence-electron chi connectivity index (χ1n) is 6.89. The van der Waals surface area contributed by atoms with Gasteiger partial charge in [0.2, 0.25) is 0 Å². The number of pyridine rings is 1. The average molecular weight is 297 g/mol. The Labute approximate surface area is 126 Å². The molecule has 2 aromatic heterocycles. The number of carboxylic acid groups (broad SMARTS) is 1. The van der Waals surface area contributed by atoms with Gasteiger partial charge in [-0.05, 0) is 26.0 Å². The first-order valence-corrected chi connectivity index (χ1v) is 6.89. The molecule has 0 saturated heterocycles. The van der Waals surface area contributed by atoms with Gasteiger partial charge in [-0.15, -0.1) is 0 Å². The van der Waals surface area contributed by atoms with E-state index in [-0.39, 0.29) is 5.69 Å². The van der Waals surface area contributed by atoms with Crippen LogP contribution in [0.2, 0.25) is 0 Å². The maximum absolute atomic E-state index is 12.2. The van der Waals surface area contributed by atoms with Crippen LogP contribution in [0.25, 0.3) is 21.8 Å². The highest BCUT2D eigenvalue weighted by molar-refractivity contribution is 6.10. The Morgan fingerprint density at radius 1 is 1.27 bits per heavy atom. The number of aromatic amines is 1. The Morgan fingerprint density at radius 3 is 2.73 bits per heavy atom. The van der Waals surface area contributed by atoms with Gasteiger partial charge < -0.3 is 15.4 Å². The van der Waals surface area contributed by atoms with Crippen molar-refractivity contribution in [1.29, 1.82) is 0 Å². The van der Waals surface area contributed by atoms with Crippen molar-refractivity contribution in [3.8, 4) is 0 Å². The van der Waals surface area contributed by atoms with E-state index in [9.17, 15) is 9.59 Å². The van der Waals surface area contributed by atoms with Crippen LogP contribution in [0.5, 0.6) is 0 Å². The number of nitrogens with zero attached hydrogens (tertiary/aromatic N) is 1. The van der Waals surface area contributed by atoms with E-state index in [1.807, 2.05) is 31.2 Å². The van der Waals surface area contributed by atoms with Crippen molar-refractivity contribution in [3.05, 3.63) is 41.7 Å². The van der Waals surface area contributed by atoms with Gasteiger partial charge >= 0.3 is 5.97 Å². The molecule has 0 radical (unpaired) electrons. The van der Waals surface area contributed by atoms with E-state index in [0.29, 0.717) is 5.69 Å². The number of benzene rings is 1. The topological polar surface area (TPSA) is 95.1 Å². The fourth-order valence-electron chi connectivity index (χ4n) is 2.45. The number of carbonyl (C=O) groups is 2. The van der Waals surface area contributed by atoms with Crippen LogP contribution in [-0.4, -0.2) is 33.0 Å². The standard InChI is InChI=1S/C16H15N3O3/c1-8-14-11(10-5-3-4-6-12(10)19-14)7-13(17-8)15(20)18-9(2)16(21)22/h3-7,9,19H,1-2H3,(H,18,20)(H,21,22)/t9-/m0/s1. The van der Waals surface area contributed by atoms with Crippen molar-refractivity contribution >= 4 is 33.7 Å². The van der Waals surface area contributed by atoms with Crippen molar-refractivity contribution in [2.24, 2.45) is 0 Å². The van der Waals surface area contributed by atoms with Gasteiger partial charge in [-0.25, -0.2) is 4.98 Å². The molecular formula is C16H15N3O3. The Hall–Kier alpha value is -2.89. The van der Waals surface area contributed by atoms with Crippen LogP contribution < -0.4 is 5.32 Å². The molecule has 1 amide bonds.